The molecule has 1 aromatic rings. The van der Waals surface area contributed by atoms with Crippen molar-refractivity contribution in [3.05, 3.63) is 29.6 Å². The van der Waals surface area contributed by atoms with Gasteiger partial charge in [-0.15, -0.1) is 0 Å². The molecule has 2 heterocycles. The molecule has 4 nitrogen and oxygen atoms in total. The molecule has 1 aliphatic carbocycles. The lowest BCUT2D eigenvalue weighted by Crippen LogP contribution is -2.60. The average molecular weight is 288 g/mol. The first-order chi connectivity index (χ1) is 10.2. The van der Waals surface area contributed by atoms with Gasteiger partial charge in [0.2, 0.25) is 0 Å². The quantitative estimate of drug-likeness (QED) is 0.909. The number of hydrogen-bond donors (Lipinski definition) is 1. The van der Waals surface area contributed by atoms with Crippen molar-refractivity contribution < 1.29 is 0 Å². The van der Waals surface area contributed by atoms with E-state index in [2.05, 4.69) is 48.4 Å². The first-order valence-electron chi connectivity index (χ1n) is 8.20. The van der Waals surface area contributed by atoms with Gasteiger partial charge in [-0.2, -0.15) is 0 Å². The number of pyridine rings is 1. The zero-order chi connectivity index (χ0) is 14.8. The maximum atomic E-state index is 4.74. The van der Waals surface area contributed by atoms with Crippen LogP contribution in [0.3, 0.4) is 0 Å². The number of aryl methyl sites for hydroxylation is 1. The molecule has 2 aliphatic rings. The molecule has 4 heteroatoms. The Labute approximate surface area is 128 Å². The van der Waals surface area contributed by atoms with E-state index in [1.807, 2.05) is 6.20 Å². The van der Waals surface area contributed by atoms with Crippen molar-refractivity contribution in [2.45, 2.75) is 37.3 Å². The van der Waals surface area contributed by atoms with Crippen LogP contribution in [0, 0.1) is 0 Å². The highest BCUT2D eigenvalue weighted by atomic mass is 15.3. The van der Waals surface area contributed by atoms with E-state index < -0.39 is 0 Å². The fraction of sp³-hybridized carbons (Fsp3) is 0.706. The zero-order valence-electron chi connectivity index (χ0n) is 13.5. The van der Waals surface area contributed by atoms with Gasteiger partial charge in [0.25, 0.3) is 0 Å². The van der Waals surface area contributed by atoms with E-state index in [0.717, 1.165) is 13.1 Å². The van der Waals surface area contributed by atoms with Crippen LogP contribution in [0.2, 0.25) is 0 Å². The van der Waals surface area contributed by atoms with Crippen molar-refractivity contribution in [1.29, 1.82) is 0 Å². The van der Waals surface area contributed by atoms with Crippen LogP contribution in [0.1, 0.15) is 30.0 Å². The summed E-state index contributed by atoms with van der Waals surface area (Å²) in [6.07, 6.45) is 5.69. The zero-order valence-corrected chi connectivity index (χ0v) is 13.5. The predicted molar refractivity (Wildman–Crippen MR) is 86.7 cm³/mol. The van der Waals surface area contributed by atoms with Crippen LogP contribution >= 0.6 is 0 Å². The third kappa shape index (κ3) is 2.98. The second-order valence-corrected chi connectivity index (χ2v) is 6.67. The van der Waals surface area contributed by atoms with Gasteiger partial charge in [0.15, 0.2) is 0 Å². The summed E-state index contributed by atoms with van der Waals surface area (Å²) < 4.78 is 0. The van der Waals surface area contributed by atoms with E-state index in [-0.39, 0.29) is 0 Å². The van der Waals surface area contributed by atoms with Crippen LogP contribution in [0.25, 0.3) is 0 Å². The van der Waals surface area contributed by atoms with Gasteiger partial charge in [0.05, 0.1) is 0 Å². The van der Waals surface area contributed by atoms with Gasteiger partial charge < -0.3 is 10.2 Å². The Hall–Kier alpha value is -0.970. The van der Waals surface area contributed by atoms with Crippen molar-refractivity contribution in [2.24, 2.45) is 0 Å². The summed E-state index contributed by atoms with van der Waals surface area (Å²) in [6.45, 7) is 3.46. The number of aromatic nitrogens is 1. The van der Waals surface area contributed by atoms with Crippen molar-refractivity contribution in [1.82, 2.24) is 20.1 Å². The second kappa shape index (κ2) is 6.42. The fourth-order valence-electron chi connectivity index (χ4n) is 4.09. The molecule has 0 radical (unpaired) electrons. The lowest BCUT2D eigenvalue weighted by atomic mass is 9.78. The van der Waals surface area contributed by atoms with Crippen molar-refractivity contribution in [3.63, 3.8) is 0 Å². The summed E-state index contributed by atoms with van der Waals surface area (Å²) in [5.74, 6) is 0.541. The molecule has 1 aliphatic heterocycles. The van der Waals surface area contributed by atoms with E-state index in [1.165, 1.54) is 37.1 Å². The van der Waals surface area contributed by atoms with Crippen LogP contribution < -0.4 is 5.32 Å². The lowest BCUT2D eigenvalue weighted by molar-refractivity contribution is 0.0795. The summed E-state index contributed by atoms with van der Waals surface area (Å²) in [4.78, 5) is 9.72. The molecule has 1 aromatic heterocycles. The number of likely N-dealkylation sites (N-methyl/N-ethyl adjacent to an activating group) is 3. The Balaban J connectivity index is 1.86. The Morgan fingerprint density at radius 2 is 2.19 bits per heavy atom. The number of nitrogens with zero attached hydrogens (tertiary/aromatic N) is 3. The molecule has 3 atom stereocenters. The molecule has 21 heavy (non-hydrogen) atoms. The van der Waals surface area contributed by atoms with E-state index in [9.17, 15) is 0 Å². The van der Waals surface area contributed by atoms with Gasteiger partial charge in [-0.25, -0.2) is 0 Å². The largest absolute Gasteiger partial charge is 0.315 e. The Bertz CT molecular complexity index is 476. The molecule has 0 saturated carbocycles. The molecule has 1 fully saturated rings. The van der Waals surface area contributed by atoms with Crippen LogP contribution in [0.4, 0.5) is 0 Å². The smallest absolute Gasteiger partial charge is 0.0482 e. The van der Waals surface area contributed by atoms with Crippen molar-refractivity contribution >= 4 is 0 Å². The Morgan fingerprint density at radius 1 is 1.33 bits per heavy atom. The molecule has 3 unspecified atom stereocenters. The first kappa shape index (κ1) is 14.9. The highest BCUT2D eigenvalue weighted by Crippen LogP contribution is 2.34. The van der Waals surface area contributed by atoms with Crippen molar-refractivity contribution in [2.75, 3.05) is 40.8 Å². The molecule has 0 aromatic carbocycles. The normalized spacial score (nSPS) is 29.1. The first-order valence-corrected chi connectivity index (χ1v) is 8.20. The van der Waals surface area contributed by atoms with E-state index >= 15 is 0 Å². The lowest BCUT2D eigenvalue weighted by Gasteiger charge is -2.45. The number of rotatable bonds is 3. The van der Waals surface area contributed by atoms with Crippen LogP contribution in [-0.4, -0.2) is 67.6 Å². The Kier molecular flexibility index (Phi) is 4.57. The summed E-state index contributed by atoms with van der Waals surface area (Å²) in [6, 6.07) is 5.38. The molecule has 116 valence electrons. The summed E-state index contributed by atoms with van der Waals surface area (Å²) >= 11 is 0. The van der Waals surface area contributed by atoms with Gasteiger partial charge >= 0.3 is 0 Å². The van der Waals surface area contributed by atoms with E-state index in [1.54, 1.807) is 0 Å². The second-order valence-electron chi connectivity index (χ2n) is 6.67. The average Bonchev–Trinajstić information content (AvgIpc) is 2.51. The summed E-state index contributed by atoms with van der Waals surface area (Å²) in [5, 5.41) is 3.63. The number of piperazine rings is 1. The molecule has 1 saturated heterocycles. The minimum Gasteiger partial charge on any atom is -0.315 e. The third-order valence-corrected chi connectivity index (χ3v) is 5.32. The highest BCUT2D eigenvalue weighted by Gasteiger charge is 2.37. The minimum absolute atomic E-state index is 0.478. The van der Waals surface area contributed by atoms with E-state index in [0.29, 0.717) is 18.0 Å². The molecule has 3 rings (SSSR count). The number of nitrogens with one attached hydrogen (secondary N) is 1. The molecule has 0 amide bonds. The number of fused-ring (bicyclic) bond motifs is 1. The Morgan fingerprint density at radius 3 is 3.00 bits per heavy atom. The van der Waals surface area contributed by atoms with Gasteiger partial charge in [0, 0.05) is 49.5 Å². The topological polar surface area (TPSA) is 31.4 Å². The van der Waals surface area contributed by atoms with Crippen molar-refractivity contribution in [3.8, 4) is 0 Å². The fourth-order valence-corrected chi connectivity index (χ4v) is 4.09. The standard InChI is InChI=1S/C17H28N4/c1-18-17(15-12-20(2)10-11-21(15)3)14-8-4-6-13-7-5-9-19-16(13)14/h5,7,9,14-15,17-18H,4,6,8,10-12H2,1-3H3. The summed E-state index contributed by atoms with van der Waals surface area (Å²) in [5.41, 5.74) is 2.80. The highest BCUT2D eigenvalue weighted by molar-refractivity contribution is 5.28. The van der Waals surface area contributed by atoms with Crippen LogP contribution in [0.15, 0.2) is 18.3 Å². The molecular weight excluding hydrogens is 260 g/mol. The third-order valence-electron chi connectivity index (χ3n) is 5.32. The van der Waals surface area contributed by atoms with Gasteiger partial charge in [-0.3, -0.25) is 9.88 Å². The summed E-state index contributed by atoms with van der Waals surface area (Å²) in [7, 11) is 6.62. The molecule has 0 spiro atoms. The van der Waals surface area contributed by atoms with Gasteiger partial charge in [-0.05, 0) is 52.0 Å². The van der Waals surface area contributed by atoms with Gasteiger partial charge in [0.1, 0.15) is 0 Å². The number of hydrogen-bond acceptors (Lipinski definition) is 4. The van der Waals surface area contributed by atoms with Crippen LogP contribution in [-0.2, 0) is 6.42 Å². The van der Waals surface area contributed by atoms with Crippen LogP contribution in [0.5, 0.6) is 0 Å². The maximum absolute atomic E-state index is 4.74. The van der Waals surface area contributed by atoms with E-state index in [4.69, 9.17) is 4.98 Å². The SMILES string of the molecule is CNC(C1CCCc2cccnc21)C1CN(C)CCN1C. The van der Waals surface area contributed by atoms with Gasteiger partial charge in [-0.1, -0.05) is 6.07 Å². The minimum atomic E-state index is 0.478. The molecule has 0 bridgehead atoms. The monoisotopic (exact) mass is 288 g/mol. The molecular formula is C17H28N4. The maximum Gasteiger partial charge on any atom is 0.0482 e. The predicted octanol–water partition coefficient (Wildman–Crippen LogP) is 1.34. The molecule has 1 N–H and O–H groups in total.